The molecule has 0 aliphatic carbocycles. The van der Waals surface area contributed by atoms with Gasteiger partial charge in [-0.15, -0.1) is 0 Å². The van der Waals surface area contributed by atoms with Crippen molar-refractivity contribution in [1.29, 1.82) is 0 Å². The molecule has 128 valence electrons. The summed E-state index contributed by atoms with van der Waals surface area (Å²) in [4.78, 5) is 49.0. The number of esters is 1. The van der Waals surface area contributed by atoms with E-state index in [1.807, 2.05) is 0 Å². The Balaban J connectivity index is 1.98. The molecule has 0 saturated heterocycles. The van der Waals surface area contributed by atoms with Crippen molar-refractivity contribution < 1.29 is 24.4 Å². The van der Waals surface area contributed by atoms with Crippen molar-refractivity contribution in [3.05, 3.63) is 48.4 Å². The van der Waals surface area contributed by atoms with Crippen LogP contribution in [0.2, 0.25) is 0 Å². The molecule has 0 spiro atoms. The number of fused-ring (bicyclic) bond motifs is 5. The van der Waals surface area contributed by atoms with E-state index in [0.29, 0.717) is 15.5 Å². The van der Waals surface area contributed by atoms with Crippen LogP contribution in [0.4, 0.5) is 5.69 Å². The molecule has 0 amide bonds. The Labute approximate surface area is 146 Å². The van der Waals surface area contributed by atoms with Gasteiger partial charge in [0.1, 0.15) is 11.0 Å². The Hall–Kier alpha value is -2.66. The maximum absolute atomic E-state index is 12.4. The van der Waals surface area contributed by atoms with Gasteiger partial charge in [-0.05, 0) is 6.07 Å². The Morgan fingerprint density at radius 3 is 2.80 bits per heavy atom. The maximum atomic E-state index is 12.4. The molecule has 1 aromatic heterocycles. The highest BCUT2D eigenvalue weighted by Gasteiger charge is 2.52. The summed E-state index contributed by atoms with van der Waals surface area (Å²) in [6, 6.07) is 3.79. The predicted octanol–water partition coefficient (Wildman–Crippen LogP) is 1.57. The summed E-state index contributed by atoms with van der Waals surface area (Å²) in [6.45, 7) is 0. The first-order chi connectivity index (χ1) is 11.9. The van der Waals surface area contributed by atoms with E-state index in [-0.39, 0.29) is 16.3 Å². The predicted molar refractivity (Wildman–Crippen MR) is 86.3 cm³/mol. The Morgan fingerprint density at radius 1 is 1.36 bits per heavy atom. The third-order valence-corrected chi connectivity index (χ3v) is 6.52. The van der Waals surface area contributed by atoms with E-state index in [0.717, 1.165) is 23.1 Å². The molecule has 2 aromatic rings. The van der Waals surface area contributed by atoms with Crippen molar-refractivity contribution in [2.24, 2.45) is 5.92 Å². The fourth-order valence-electron chi connectivity index (χ4n) is 3.12. The van der Waals surface area contributed by atoms with Crippen LogP contribution in [0, 0.1) is 16.0 Å². The van der Waals surface area contributed by atoms with Gasteiger partial charge in [-0.1, -0.05) is 23.1 Å². The van der Waals surface area contributed by atoms with Crippen LogP contribution in [-0.4, -0.2) is 32.2 Å². The van der Waals surface area contributed by atoms with Gasteiger partial charge in [0.2, 0.25) is 0 Å². The Kier molecular flexibility index (Phi) is 3.44. The van der Waals surface area contributed by atoms with Crippen LogP contribution in [0.25, 0.3) is 0 Å². The Morgan fingerprint density at radius 2 is 2.12 bits per heavy atom. The first kappa shape index (κ1) is 15.8. The van der Waals surface area contributed by atoms with Gasteiger partial charge in [-0.25, -0.2) is 0 Å². The van der Waals surface area contributed by atoms with Gasteiger partial charge in [0.05, 0.1) is 15.9 Å². The van der Waals surface area contributed by atoms with Crippen molar-refractivity contribution in [2.45, 2.75) is 16.2 Å². The summed E-state index contributed by atoms with van der Waals surface area (Å²) in [7, 11) is 0. The molecule has 0 saturated carbocycles. The molecule has 2 aliphatic rings. The number of nitrogens with zero attached hydrogens (tertiary/aromatic N) is 1. The summed E-state index contributed by atoms with van der Waals surface area (Å²) in [5, 5.41) is 19.8. The fourth-order valence-corrected chi connectivity index (χ4v) is 5.51. The summed E-state index contributed by atoms with van der Waals surface area (Å²) in [6.07, 6.45) is 0. The minimum atomic E-state index is -1.22. The number of rotatable bonds is 2. The largest absolute Gasteiger partial charge is 0.480 e. The van der Waals surface area contributed by atoms with Gasteiger partial charge < -0.3 is 14.8 Å². The molecular formula is C14H8N2O7S2. The second kappa shape index (κ2) is 5.43. The number of nitro groups is 1. The summed E-state index contributed by atoms with van der Waals surface area (Å²) >= 11 is 1.75. The van der Waals surface area contributed by atoms with Crippen LogP contribution in [0.5, 0.6) is 5.75 Å². The maximum Gasteiger partial charge on any atom is 0.317 e. The number of aliphatic carboxylic acids is 1. The third-order valence-electron chi connectivity index (χ3n) is 4.12. The number of ether oxygens (including phenoxy) is 1. The second-order valence-corrected chi connectivity index (χ2v) is 7.65. The number of hydrogen-bond donors (Lipinski definition) is 2. The number of hydrogen-bond acceptors (Lipinski definition) is 8. The van der Waals surface area contributed by atoms with E-state index in [1.165, 1.54) is 18.2 Å². The minimum Gasteiger partial charge on any atom is -0.480 e. The van der Waals surface area contributed by atoms with E-state index in [2.05, 4.69) is 4.98 Å². The number of aromatic amines is 1. The molecule has 11 heteroatoms. The number of nitro benzene ring substituents is 1. The topological polar surface area (TPSA) is 140 Å². The highest BCUT2D eigenvalue weighted by Crippen LogP contribution is 2.53. The molecule has 4 rings (SSSR count). The van der Waals surface area contributed by atoms with Gasteiger partial charge in [0.15, 0.2) is 0 Å². The molecule has 3 heterocycles. The molecule has 0 radical (unpaired) electrons. The smallest absolute Gasteiger partial charge is 0.317 e. The number of thiazole rings is 1. The standard InChI is InChI=1S/C14H8N2O7S2/c17-12(18)10-8-7(9-11(24-10)15-14(20)25-9)5-3-4(16(21)22)1-2-6(5)23-13(8)19/h1-3,7-8,10H,(H,15,20)(H,17,18)/t7-,8+,10+/m0/s1. The number of thioether (sulfide) groups is 1. The van der Waals surface area contributed by atoms with E-state index in [4.69, 9.17) is 4.74 Å². The number of carbonyl (C=O) groups is 2. The molecule has 2 aliphatic heterocycles. The van der Waals surface area contributed by atoms with Crippen LogP contribution in [0.3, 0.4) is 0 Å². The van der Waals surface area contributed by atoms with Crippen LogP contribution in [0.15, 0.2) is 28.0 Å². The summed E-state index contributed by atoms with van der Waals surface area (Å²) < 4.78 is 5.22. The number of benzene rings is 1. The molecule has 0 fully saturated rings. The molecule has 0 bridgehead atoms. The number of non-ortho nitro benzene ring substituents is 1. The zero-order chi connectivity index (χ0) is 17.9. The zero-order valence-electron chi connectivity index (χ0n) is 12.1. The lowest BCUT2D eigenvalue weighted by Gasteiger charge is -2.37. The number of H-pyrrole nitrogens is 1. The molecule has 9 nitrogen and oxygen atoms in total. The SMILES string of the molecule is O=C1Oc2ccc([N+](=O)[O-])cc2[C@@H]2c3sc(=O)[nH]c3S[C@@H](C(=O)O)[C@H]12. The molecule has 3 atom stereocenters. The monoisotopic (exact) mass is 380 g/mol. The average molecular weight is 380 g/mol. The van der Waals surface area contributed by atoms with E-state index < -0.39 is 33.9 Å². The Bertz CT molecular complexity index is 995. The fraction of sp³-hybridized carbons (Fsp3) is 0.214. The number of nitrogens with one attached hydrogen (secondary N) is 1. The van der Waals surface area contributed by atoms with E-state index in [9.17, 15) is 29.6 Å². The molecular weight excluding hydrogens is 372 g/mol. The number of carboxylic acids is 1. The lowest BCUT2D eigenvalue weighted by atomic mass is 9.80. The number of carbonyl (C=O) groups excluding carboxylic acids is 1. The average Bonchev–Trinajstić information content (AvgIpc) is 2.93. The number of aromatic nitrogens is 1. The van der Waals surface area contributed by atoms with E-state index >= 15 is 0 Å². The lowest BCUT2D eigenvalue weighted by Crippen LogP contribution is -2.44. The van der Waals surface area contributed by atoms with Crippen LogP contribution < -0.4 is 9.61 Å². The number of carboxylic acid groups (broad SMARTS) is 1. The minimum absolute atomic E-state index is 0.139. The van der Waals surface area contributed by atoms with E-state index in [1.54, 1.807) is 0 Å². The summed E-state index contributed by atoms with van der Waals surface area (Å²) in [5.74, 6) is -3.66. The molecule has 1 aromatic carbocycles. The van der Waals surface area contributed by atoms with Crippen LogP contribution >= 0.6 is 23.1 Å². The molecule has 2 N–H and O–H groups in total. The molecule has 25 heavy (non-hydrogen) atoms. The van der Waals surface area contributed by atoms with Gasteiger partial charge in [-0.2, -0.15) is 0 Å². The second-order valence-electron chi connectivity index (χ2n) is 5.49. The highest BCUT2D eigenvalue weighted by molar-refractivity contribution is 8.00. The van der Waals surface area contributed by atoms with Crippen LogP contribution in [-0.2, 0) is 9.59 Å². The van der Waals surface area contributed by atoms with Gasteiger partial charge in [0.25, 0.3) is 5.69 Å². The van der Waals surface area contributed by atoms with Crippen molar-refractivity contribution in [2.75, 3.05) is 0 Å². The van der Waals surface area contributed by atoms with Crippen molar-refractivity contribution in [3.8, 4) is 5.75 Å². The van der Waals surface area contributed by atoms with Gasteiger partial charge in [-0.3, -0.25) is 24.5 Å². The quantitative estimate of drug-likeness (QED) is 0.346. The normalized spacial score (nSPS) is 23.8. The van der Waals surface area contributed by atoms with Gasteiger partial charge >= 0.3 is 16.8 Å². The lowest BCUT2D eigenvalue weighted by molar-refractivity contribution is -0.385. The van der Waals surface area contributed by atoms with Gasteiger partial charge in [0, 0.05) is 28.5 Å². The third kappa shape index (κ3) is 2.35. The van der Waals surface area contributed by atoms with Crippen molar-refractivity contribution >= 4 is 40.7 Å². The zero-order valence-corrected chi connectivity index (χ0v) is 13.8. The molecule has 0 unspecified atom stereocenters. The summed E-state index contributed by atoms with van der Waals surface area (Å²) in [5.41, 5.74) is 0.131. The first-order valence-corrected chi connectivity index (χ1v) is 8.69. The highest BCUT2D eigenvalue weighted by atomic mass is 32.2. The van der Waals surface area contributed by atoms with Crippen molar-refractivity contribution in [1.82, 2.24) is 4.98 Å². The van der Waals surface area contributed by atoms with Crippen molar-refractivity contribution in [3.63, 3.8) is 0 Å². The van der Waals surface area contributed by atoms with Crippen LogP contribution in [0.1, 0.15) is 16.4 Å². The first-order valence-electron chi connectivity index (χ1n) is 6.99.